The number of carbonyl (C=O) groups is 2. The van der Waals surface area contributed by atoms with E-state index in [1.165, 1.54) is 14.2 Å². The minimum absolute atomic E-state index is 0.218. The van der Waals surface area contributed by atoms with Gasteiger partial charge in [-0.15, -0.1) is 0 Å². The van der Waals surface area contributed by atoms with Gasteiger partial charge in [-0.3, -0.25) is 4.79 Å². The number of rotatable bonds is 1. The fraction of sp³-hybridized carbons (Fsp3) is 0.636. The summed E-state index contributed by atoms with van der Waals surface area (Å²) in [6, 6.07) is -0.218. The summed E-state index contributed by atoms with van der Waals surface area (Å²) in [4.78, 5) is 24.7. The molecule has 3 rings (SSSR count). The minimum Gasteiger partial charge on any atom is -0.469 e. The van der Waals surface area contributed by atoms with Crippen molar-refractivity contribution in [3.8, 4) is 0 Å². The highest BCUT2D eigenvalue weighted by Gasteiger charge is 2.44. The van der Waals surface area contributed by atoms with Crippen molar-refractivity contribution in [1.29, 1.82) is 0 Å². The predicted octanol–water partition coefficient (Wildman–Crippen LogP) is 0.802. The number of carbonyl (C=O) groups excluding carboxylic acids is 2. The zero-order chi connectivity index (χ0) is 11.7. The standard InChI is InChI=1S/C11H15NO4/c1-15-10(13)8-5-7-3-4-9(8)12(6-7)11(14)16-2/h3-4,7-9H,5-6H2,1-2H3/t7-,8+,9+/m1/s1. The molecule has 0 N–H and O–H groups in total. The first-order valence-electron chi connectivity index (χ1n) is 5.28. The topological polar surface area (TPSA) is 55.8 Å². The van der Waals surface area contributed by atoms with Crippen LogP contribution in [0.15, 0.2) is 12.2 Å². The molecule has 2 aliphatic heterocycles. The molecule has 2 bridgehead atoms. The van der Waals surface area contributed by atoms with E-state index in [-0.39, 0.29) is 29.9 Å². The quantitative estimate of drug-likeness (QED) is 0.489. The van der Waals surface area contributed by atoms with E-state index >= 15 is 0 Å². The fourth-order valence-electron chi connectivity index (χ4n) is 2.48. The van der Waals surface area contributed by atoms with Crippen molar-refractivity contribution in [1.82, 2.24) is 4.90 Å². The number of amides is 1. The molecule has 0 aromatic heterocycles. The maximum Gasteiger partial charge on any atom is 0.410 e. The van der Waals surface area contributed by atoms with Gasteiger partial charge in [-0.25, -0.2) is 4.79 Å². The molecule has 1 saturated heterocycles. The van der Waals surface area contributed by atoms with Gasteiger partial charge in [-0.05, 0) is 12.3 Å². The van der Waals surface area contributed by atoms with Crippen LogP contribution >= 0.6 is 0 Å². The Hall–Kier alpha value is -1.52. The van der Waals surface area contributed by atoms with Crippen molar-refractivity contribution in [3.05, 3.63) is 12.2 Å². The summed E-state index contributed by atoms with van der Waals surface area (Å²) in [5, 5.41) is 0. The summed E-state index contributed by atoms with van der Waals surface area (Å²) in [6.45, 7) is 0.626. The second-order valence-corrected chi connectivity index (χ2v) is 4.12. The third-order valence-corrected chi connectivity index (χ3v) is 3.25. The third-order valence-electron chi connectivity index (χ3n) is 3.25. The van der Waals surface area contributed by atoms with Crippen LogP contribution in [0.5, 0.6) is 0 Å². The van der Waals surface area contributed by atoms with E-state index in [0.717, 1.165) is 6.42 Å². The summed E-state index contributed by atoms with van der Waals surface area (Å²) in [6.07, 6.45) is 4.33. The van der Waals surface area contributed by atoms with Crippen molar-refractivity contribution >= 4 is 12.1 Å². The lowest BCUT2D eigenvalue weighted by molar-refractivity contribution is -0.149. The molecule has 1 aliphatic carbocycles. The van der Waals surface area contributed by atoms with Gasteiger partial charge in [0.2, 0.25) is 0 Å². The normalized spacial score (nSPS) is 31.4. The van der Waals surface area contributed by atoms with Gasteiger partial charge in [0.1, 0.15) is 0 Å². The highest BCUT2D eigenvalue weighted by Crippen LogP contribution is 2.35. The molecule has 2 heterocycles. The predicted molar refractivity (Wildman–Crippen MR) is 55.7 cm³/mol. The highest BCUT2D eigenvalue weighted by molar-refractivity contribution is 5.77. The van der Waals surface area contributed by atoms with E-state index in [9.17, 15) is 9.59 Å². The van der Waals surface area contributed by atoms with Crippen LogP contribution in [-0.2, 0) is 14.3 Å². The van der Waals surface area contributed by atoms with Crippen LogP contribution < -0.4 is 0 Å². The van der Waals surface area contributed by atoms with Gasteiger partial charge >= 0.3 is 12.1 Å². The zero-order valence-corrected chi connectivity index (χ0v) is 9.38. The smallest absolute Gasteiger partial charge is 0.410 e. The Morgan fingerprint density at radius 3 is 2.56 bits per heavy atom. The molecule has 16 heavy (non-hydrogen) atoms. The van der Waals surface area contributed by atoms with Crippen LogP contribution in [0.1, 0.15) is 6.42 Å². The molecule has 0 unspecified atom stereocenters. The molecule has 0 aromatic rings. The van der Waals surface area contributed by atoms with Gasteiger partial charge in [0.25, 0.3) is 0 Å². The van der Waals surface area contributed by atoms with E-state index in [2.05, 4.69) is 6.08 Å². The van der Waals surface area contributed by atoms with E-state index in [1.807, 2.05) is 6.08 Å². The Balaban J connectivity index is 2.19. The highest BCUT2D eigenvalue weighted by atomic mass is 16.5. The molecule has 1 fully saturated rings. The third kappa shape index (κ3) is 1.66. The van der Waals surface area contributed by atoms with Crippen LogP contribution in [0.4, 0.5) is 4.79 Å². The number of nitrogens with zero attached hydrogens (tertiary/aromatic N) is 1. The van der Waals surface area contributed by atoms with Crippen molar-refractivity contribution in [3.63, 3.8) is 0 Å². The number of hydrogen-bond acceptors (Lipinski definition) is 4. The summed E-state index contributed by atoms with van der Waals surface area (Å²) in [5.74, 6) is -0.283. The van der Waals surface area contributed by atoms with Crippen molar-refractivity contribution in [2.45, 2.75) is 12.5 Å². The largest absolute Gasteiger partial charge is 0.469 e. The Kier molecular flexibility index (Phi) is 2.85. The van der Waals surface area contributed by atoms with E-state index in [4.69, 9.17) is 9.47 Å². The van der Waals surface area contributed by atoms with Crippen LogP contribution in [-0.4, -0.2) is 43.8 Å². The van der Waals surface area contributed by atoms with Gasteiger partial charge in [-0.1, -0.05) is 12.2 Å². The molecule has 5 nitrogen and oxygen atoms in total. The average molecular weight is 225 g/mol. The molecule has 0 saturated carbocycles. The van der Waals surface area contributed by atoms with Crippen LogP contribution in [0.25, 0.3) is 0 Å². The summed E-state index contributed by atoms with van der Waals surface area (Å²) >= 11 is 0. The Morgan fingerprint density at radius 2 is 2.00 bits per heavy atom. The van der Waals surface area contributed by atoms with Gasteiger partial charge < -0.3 is 14.4 Å². The molecular weight excluding hydrogens is 210 g/mol. The molecule has 3 atom stereocenters. The van der Waals surface area contributed by atoms with Crippen LogP contribution in [0.2, 0.25) is 0 Å². The first kappa shape index (κ1) is 11.0. The minimum atomic E-state index is -0.382. The Labute approximate surface area is 94.0 Å². The average Bonchev–Trinajstić information content (AvgIpc) is 2.37. The maximum atomic E-state index is 11.6. The van der Waals surface area contributed by atoms with Gasteiger partial charge in [0.15, 0.2) is 0 Å². The van der Waals surface area contributed by atoms with Crippen molar-refractivity contribution in [2.75, 3.05) is 20.8 Å². The summed E-state index contributed by atoms with van der Waals surface area (Å²) in [7, 11) is 2.72. The summed E-state index contributed by atoms with van der Waals surface area (Å²) in [5.41, 5.74) is 0. The Morgan fingerprint density at radius 1 is 1.25 bits per heavy atom. The van der Waals surface area contributed by atoms with E-state index in [1.54, 1.807) is 4.90 Å². The lowest BCUT2D eigenvalue weighted by atomic mass is 9.78. The van der Waals surface area contributed by atoms with Gasteiger partial charge in [0, 0.05) is 6.54 Å². The second-order valence-electron chi connectivity index (χ2n) is 4.12. The molecule has 3 aliphatic rings. The second kappa shape index (κ2) is 4.15. The number of fused-ring (bicyclic) bond motifs is 2. The number of hydrogen-bond donors (Lipinski definition) is 0. The lowest BCUT2D eigenvalue weighted by Crippen LogP contribution is -2.55. The zero-order valence-electron chi connectivity index (χ0n) is 9.38. The molecule has 88 valence electrons. The fourth-order valence-corrected chi connectivity index (χ4v) is 2.48. The number of ether oxygens (including phenoxy) is 2. The number of esters is 1. The first-order valence-corrected chi connectivity index (χ1v) is 5.28. The molecule has 0 spiro atoms. The van der Waals surface area contributed by atoms with Crippen LogP contribution in [0.3, 0.4) is 0 Å². The number of piperidine rings is 1. The lowest BCUT2D eigenvalue weighted by Gasteiger charge is -2.44. The number of methoxy groups -OCH3 is 2. The first-order chi connectivity index (χ1) is 7.67. The molecular formula is C11H15NO4. The van der Waals surface area contributed by atoms with Crippen LogP contribution in [0, 0.1) is 11.8 Å². The van der Waals surface area contributed by atoms with Gasteiger partial charge in [0.05, 0.1) is 26.2 Å². The van der Waals surface area contributed by atoms with E-state index in [0.29, 0.717) is 6.54 Å². The SMILES string of the molecule is COC(=O)[C@H]1C[C@H]2C=C[C@@H]1N(C(=O)OC)C2. The van der Waals surface area contributed by atoms with E-state index < -0.39 is 0 Å². The molecule has 0 radical (unpaired) electrons. The molecule has 0 aromatic carbocycles. The monoisotopic (exact) mass is 225 g/mol. The van der Waals surface area contributed by atoms with Crippen molar-refractivity contribution < 1.29 is 19.1 Å². The van der Waals surface area contributed by atoms with Gasteiger partial charge in [-0.2, -0.15) is 0 Å². The summed E-state index contributed by atoms with van der Waals surface area (Å²) < 4.78 is 9.46. The molecule has 1 amide bonds. The molecule has 5 heteroatoms. The maximum absolute atomic E-state index is 11.6. The van der Waals surface area contributed by atoms with Crippen molar-refractivity contribution in [2.24, 2.45) is 11.8 Å². The Bertz CT molecular complexity index is 313.